The van der Waals surface area contributed by atoms with E-state index < -0.39 is 11.2 Å². The molecule has 0 spiro atoms. The van der Waals surface area contributed by atoms with E-state index in [1.54, 1.807) is 33.0 Å². The maximum atomic E-state index is 13.9. The molecule has 0 bridgehead atoms. The first-order valence-electron chi connectivity index (χ1n) is 12.4. The second-order valence-electron chi connectivity index (χ2n) is 9.58. The van der Waals surface area contributed by atoms with E-state index in [4.69, 9.17) is 9.84 Å². The van der Waals surface area contributed by atoms with Gasteiger partial charge in [-0.15, -0.1) is 0 Å². The normalized spacial score (nSPS) is 17.6. The third-order valence-corrected chi connectivity index (χ3v) is 6.62. The van der Waals surface area contributed by atoms with Crippen LogP contribution >= 0.6 is 0 Å². The predicted molar refractivity (Wildman–Crippen MR) is 139 cm³/mol. The fourth-order valence-corrected chi connectivity index (χ4v) is 4.40. The monoisotopic (exact) mass is 533 g/mol. The summed E-state index contributed by atoms with van der Waals surface area (Å²) in [4.78, 5) is 33.1. The minimum Gasteiger partial charge on any atom is -0.504 e. The molecule has 1 aliphatic rings. The van der Waals surface area contributed by atoms with Crippen molar-refractivity contribution in [3.63, 3.8) is 0 Å². The summed E-state index contributed by atoms with van der Waals surface area (Å²) >= 11 is 0. The quantitative estimate of drug-likeness (QED) is 0.364. The smallest absolute Gasteiger partial charge is 0.158 e. The summed E-state index contributed by atoms with van der Waals surface area (Å²) in [5.41, 5.74) is 1.93. The fourth-order valence-electron chi connectivity index (χ4n) is 4.40. The number of benzene rings is 1. The molecule has 1 saturated carbocycles. The number of Topliss-reactive ketones (excluding diaryl/α,β-unsaturated/α-hetero) is 1. The van der Waals surface area contributed by atoms with E-state index in [0.29, 0.717) is 40.9 Å². The summed E-state index contributed by atoms with van der Waals surface area (Å²) in [6.45, 7) is 7.35. The van der Waals surface area contributed by atoms with Crippen LogP contribution < -0.4 is 4.74 Å². The Kier molecular flexibility index (Phi) is 8.23. The van der Waals surface area contributed by atoms with Crippen LogP contribution in [0.4, 0.5) is 8.78 Å². The van der Waals surface area contributed by atoms with Crippen LogP contribution in [0.3, 0.4) is 0 Å². The highest BCUT2D eigenvalue weighted by Gasteiger charge is 2.59. The lowest BCUT2D eigenvalue weighted by molar-refractivity contribution is -0.120. The molecule has 0 amide bonds. The zero-order chi connectivity index (χ0) is 28.2. The summed E-state index contributed by atoms with van der Waals surface area (Å²) in [7, 11) is 0. The summed E-state index contributed by atoms with van der Waals surface area (Å²) < 4.78 is 33.0. The summed E-state index contributed by atoms with van der Waals surface area (Å²) in [5.74, 6) is 0.846. The second kappa shape index (κ2) is 11.6. The van der Waals surface area contributed by atoms with Crippen molar-refractivity contribution in [2.75, 3.05) is 6.61 Å². The number of nitrogens with zero attached hydrogens (tertiary/aromatic N) is 5. The highest BCUT2D eigenvalue weighted by atomic mass is 19.1. The van der Waals surface area contributed by atoms with Gasteiger partial charge in [0, 0.05) is 23.4 Å². The van der Waals surface area contributed by atoms with Crippen LogP contribution in [-0.4, -0.2) is 42.4 Å². The van der Waals surface area contributed by atoms with E-state index >= 15 is 0 Å². The van der Waals surface area contributed by atoms with Gasteiger partial charge in [-0.1, -0.05) is 12.1 Å². The molecule has 1 N–H and O–H groups in total. The molecule has 39 heavy (non-hydrogen) atoms. The van der Waals surface area contributed by atoms with E-state index in [9.17, 15) is 13.6 Å². The molecule has 3 aromatic heterocycles. The summed E-state index contributed by atoms with van der Waals surface area (Å²) in [6, 6.07) is 9.06. The number of aromatic hydroxyl groups is 1. The molecule has 0 saturated heterocycles. The first kappa shape index (κ1) is 27.7. The van der Waals surface area contributed by atoms with Gasteiger partial charge in [-0.2, -0.15) is 0 Å². The number of pyridine rings is 1. The van der Waals surface area contributed by atoms with Crippen LogP contribution in [0, 0.1) is 45.2 Å². The van der Waals surface area contributed by atoms with Crippen molar-refractivity contribution < 1.29 is 23.4 Å². The first-order valence-corrected chi connectivity index (χ1v) is 12.4. The van der Waals surface area contributed by atoms with Crippen molar-refractivity contribution >= 4 is 5.78 Å². The second-order valence-corrected chi connectivity index (χ2v) is 9.58. The lowest BCUT2D eigenvalue weighted by atomic mass is 9.91. The number of hydrogen-bond donors (Lipinski definition) is 1. The Labute approximate surface area is 225 Å². The molecule has 0 radical (unpaired) electrons. The molecule has 2 atom stereocenters. The highest BCUT2D eigenvalue weighted by Crippen LogP contribution is 2.55. The van der Waals surface area contributed by atoms with Crippen LogP contribution in [0.1, 0.15) is 40.7 Å². The van der Waals surface area contributed by atoms with Crippen LogP contribution in [0.5, 0.6) is 11.5 Å². The largest absolute Gasteiger partial charge is 0.504 e. The molecule has 0 unspecified atom stereocenters. The minimum absolute atomic E-state index is 0.0288. The maximum absolute atomic E-state index is 13.9. The SMILES string of the molecule is Cc1ncc(O)c(C)n1.Cc1ncc(OC[C@@]2(c3cccc(F)c3)C[C@H]2C(=O)Cc2ccc(F)cn2)c(C)n1. The lowest BCUT2D eigenvalue weighted by Gasteiger charge is -2.19. The van der Waals surface area contributed by atoms with Gasteiger partial charge < -0.3 is 9.84 Å². The number of aromatic nitrogens is 5. The van der Waals surface area contributed by atoms with E-state index in [0.717, 1.165) is 11.8 Å². The Balaban J connectivity index is 0.000000333. The van der Waals surface area contributed by atoms with E-state index in [1.165, 1.54) is 30.5 Å². The van der Waals surface area contributed by atoms with Gasteiger partial charge in [-0.05, 0) is 63.9 Å². The summed E-state index contributed by atoms with van der Waals surface area (Å²) in [6.07, 6.45) is 4.74. The number of rotatable bonds is 7. The molecular formula is C29H29F2N5O3. The molecular weight excluding hydrogens is 504 g/mol. The molecule has 3 heterocycles. The zero-order valence-corrected chi connectivity index (χ0v) is 22.2. The average Bonchev–Trinajstić information content (AvgIpc) is 3.64. The zero-order valence-electron chi connectivity index (χ0n) is 22.2. The molecule has 0 aliphatic heterocycles. The molecule has 1 aromatic carbocycles. The Morgan fingerprint density at radius 3 is 2.28 bits per heavy atom. The van der Waals surface area contributed by atoms with Crippen molar-refractivity contribution in [1.82, 2.24) is 24.9 Å². The van der Waals surface area contributed by atoms with Gasteiger partial charge in [-0.3, -0.25) is 9.78 Å². The number of carbonyl (C=O) groups is 1. The van der Waals surface area contributed by atoms with Gasteiger partial charge in [0.05, 0.1) is 36.6 Å². The van der Waals surface area contributed by atoms with Gasteiger partial charge >= 0.3 is 0 Å². The molecule has 5 rings (SSSR count). The van der Waals surface area contributed by atoms with Crippen molar-refractivity contribution in [1.29, 1.82) is 0 Å². The van der Waals surface area contributed by atoms with E-state index in [1.807, 2.05) is 13.0 Å². The lowest BCUT2D eigenvalue weighted by Crippen LogP contribution is -2.25. The van der Waals surface area contributed by atoms with E-state index in [2.05, 4.69) is 24.9 Å². The Bertz CT molecular complexity index is 1480. The van der Waals surface area contributed by atoms with Gasteiger partial charge in [0.1, 0.15) is 29.1 Å². The molecule has 4 aromatic rings. The Morgan fingerprint density at radius 2 is 1.67 bits per heavy atom. The van der Waals surface area contributed by atoms with Gasteiger partial charge in [0.25, 0.3) is 0 Å². The van der Waals surface area contributed by atoms with Gasteiger partial charge in [0.15, 0.2) is 11.5 Å². The van der Waals surface area contributed by atoms with Crippen molar-refractivity contribution in [3.05, 3.63) is 101 Å². The number of ketones is 1. The number of carbonyl (C=O) groups excluding carboxylic acids is 1. The number of hydrogen-bond acceptors (Lipinski definition) is 8. The predicted octanol–water partition coefficient (Wildman–Crippen LogP) is 4.71. The number of halogens is 2. The molecule has 10 heteroatoms. The van der Waals surface area contributed by atoms with Crippen molar-refractivity contribution in [3.8, 4) is 11.5 Å². The Hall–Kier alpha value is -4.34. The Morgan fingerprint density at radius 1 is 0.949 bits per heavy atom. The third-order valence-electron chi connectivity index (χ3n) is 6.62. The third kappa shape index (κ3) is 6.76. The maximum Gasteiger partial charge on any atom is 0.158 e. The van der Waals surface area contributed by atoms with Crippen molar-refractivity contribution in [2.45, 2.75) is 46.0 Å². The van der Waals surface area contributed by atoms with E-state index in [-0.39, 0.29) is 36.3 Å². The number of aryl methyl sites for hydroxylation is 4. The van der Waals surface area contributed by atoms with Gasteiger partial charge in [-0.25, -0.2) is 28.7 Å². The molecule has 1 fully saturated rings. The highest BCUT2D eigenvalue weighted by molar-refractivity contribution is 5.88. The van der Waals surface area contributed by atoms with Crippen molar-refractivity contribution in [2.24, 2.45) is 5.92 Å². The summed E-state index contributed by atoms with van der Waals surface area (Å²) in [5, 5.41) is 8.92. The molecule has 202 valence electrons. The van der Waals surface area contributed by atoms with Crippen LogP contribution in [-0.2, 0) is 16.6 Å². The standard InChI is InChI=1S/C23H21F2N3O2.C6H8N2O/c1-14-22(12-26-15(2)28-14)30-13-23(16-4-3-5-17(24)8-16)10-20(23)21(29)9-19-7-6-18(25)11-27-19;1-4-6(9)3-7-5(2)8-4/h3-8,11-12,20H,9-10,13H2,1-2H3;3,9H,1-2H3/t20-,23+;/m0./s1. The molecule has 8 nitrogen and oxygen atoms in total. The fraction of sp³-hybridized carbons (Fsp3) is 0.310. The number of ether oxygens (including phenoxy) is 1. The minimum atomic E-state index is -0.628. The first-order chi connectivity index (χ1) is 18.6. The van der Waals surface area contributed by atoms with Crippen LogP contribution in [0.2, 0.25) is 0 Å². The topological polar surface area (TPSA) is 111 Å². The van der Waals surface area contributed by atoms with Crippen LogP contribution in [0.15, 0.2) is 55.0 Å². The van der Waals surface area contributed by atoms with Crippen LogP contribution in [0.25, 0.3) is 0 Å². The average molecular weight is 534 g/mol. The van der Waals surface area contributed by atoms with Gasteiger partial charge in [0.2, 0.25) is 0 Å². The molecule has 1 aliphatic carbocycles.